The van der Waals surface area contributed by atoms with Gasteiger partial charge in [0.15, 0.2) is 12.1 Å². The fraction of sp³-hybridized carbons (Fsp3) is 0.250. The van der Waals surface area contributed by atoms with E-state index in [-0.39, 0.29) is 12.2 Å². The van der Waals surface area contributed by atoms with Gasteiger partial charge in [0.2, 0.25) is 0 Å². The molecule has 1 aromatic heterocycles. The molecule has 0 saturated carbocycles. The number of halogens is 3. The van der Waals surface area contributed by atoms with E-state index in [0.29, 0.717) is 15.5 Å². The van der Waals surface area contributed by atoms with Crippen molar-refractivity contribution in [3.63, 3.8) is 0 Å². The molecule has 0 aromatic carbocycles. The van der Waals surface area contributed by atoms with E-state index < -0.39 is 11.9 Å². The van der Waals surface area contributed by atoms with Gasteiger partial charge in [0, 0.05) is 18.4 Å². The lowest BCUT2D eigenvalue weighted by Gasteiger charge is -1.94. The molecule has 0 aliphatic heterocycles. The molecular weight excluding hydrogens is 247 g/mol. The molecule has 2 nitrogen and oxygen atoms in total. The maximum absolute atomic E-state index is 12.3. The van der Waals surface area contributed by atoms with Crippen LogP contribution in [0.3, 0.4) is 0 Å². The molecule has 82 valence electrons. The number of carbonyl (C=O) groups excluding carboxylic acids is 1. The number of aromatic nitrogens is 1. The highest BCUT2D eigenvalue weighted by Crippen LogP contribution is 2.25. The molecule has 1 aromatic rings. The van der Waals surface area contributed by atoms with E-state index in [1.165, 1.54) is 6.20 Å². The van der Waals surface area contributed by atoms with Crippen LogP contribution in [0.4, 0.5) is 13.2 Å². The third-order valence-electron chi connectivity index (χ3n) is 1.37. The first-order valence-electron chi connectivity index (χ1n) is 3.87. The average Bonchev–Trinajstić information content (AvgIpc) is 2.65. The second-order valence-electron chi connectivity index (χ2n) is 2.41. The number of thioether (sulfide) groups is 1. The molecular formula is C8H6F3NOS2. The van der Waals surface area contributed by atoms with Gasteiger partial charge in [0.05, 0.1) is 4.88 Å². The summed E-state index contributed by atoms with van der Waals surface area (Å²) in [5.74, 6) is -1.22. The van der Waals surface area contributed by atoms with E-state index in [0.717, 1.165) is 23.1 Å². The Morgan fingerprint density at radius 2 is 2.27 bits per heavy atom. The van der Waals surface area contributed by atoms with E-state index in [1.807, 2.05) is 0 Å². The predicted octanol–water partition coefficient (Wildman–Crippen LogP) is 3.52. The van der Waals surface area contributed by atoms with Crippen LogP contribution in [0, 0.1) is 0 Å². The lowest BCUT2D eigenvalue weighted by Crippen LogP contribution is -1.81. The summed E-state index contributed by atoms with van der Waals surface area (Å²) >= 11 is 2.29. The van der Waals surface area contributed by atoms with Crippen LogP contribution >= 0.6 is 23.1 Å². The number of aldehydes is 1. The lowest BCUT2D eigenvalue weighted by molar-refractivity contribution is 0.112. The third kappa shape index (κ3) is 4.05. The van der Waals surface area contributed by atoms with Crippen molar-refractivity contribution in [1.82, 2.24) is 4.98 Å². The van der Waals surface area contributed by atoms with Crippen molar-refractivity contribution < 1.29 is 18.0 Å². The van der Waals surface area contributed by atoms with Crippen LogP contribution in [0.5, 0.6) is 0 Å². The molecule has 0 atom stereocenters. The van der Waals surface area contributed by atoms with Gasteiger partial charge in [-0.3, -0.25) is 4.79 Å². The maximum Gasteiger partial charge on any atom is 0.301 e. The molecule has 0 bridgehead atoms. The first-order valence-corrected chi connectivity index (χ1v) is 5.67. The standard InChI is InChI=1S/C8H6F3NOS2/c9-6(7(10)11)1-2-14-8-12-3-5(4-13)15-8/h3-4H,1-2H2. The minimum Gasteiger partial charge on any atom is -0.297 e. The van der Waals surface area contributed by atoms with Crippen molar-refractivity contribution >= 4 is 29.4 Å². The van der Waals surface area contributed by atoms with Gasteiger partial charge in [-0.1, -0.05) is 11.8 Å². The second kappa shape index (κ2) is 5.92. The molecule has 0 amide bonds. The number of thiazole rings is 1. The molecule has 0 N–H and O–H groups in total. The van der Waals surface area contributed by atoms with E-state index in [2.05, 4.69) is 4.98 Å². The minimum atomic E-state index is -2.27. The fourth-order valence-electron chi connectivity index (χ4n) is 0.714. The number of hydrogen-bond acceptors (Lipinski definition) is 4. The van der Waals surface area contributed by atoms with Crippen molar-refractivity contribution in [2.45, 2.75) is 10.8 Å². The molecule has 15 heavy (non-hydrogen) atoms. The molecule has 0 fully saturated rings. The first kappa shape index (κ1) is 12.3. The molecule has 0 spiro atoms. The monoisotopic (exact) mass is 253 g/mol. The van der Waals surface area contributed by atoms with Crippen LogP contribution in [0.15, 0.2) is 22.4 Å². The van der Waals surface area contributed by atoms with E-state index in [1.54, 1.807) is 0 Å². The van der Waals surface area contributed by atoms with Crippen molar-refractivity contribution in [2.24, 2.45) is 0 Å². The Bertz CT molecular complexity index is 374. The molecule has 7 heteroatoms. The highest BCUT2D eigenvalue weighted by Gasteiger charge is 2.06. The van der Waals surface area contributed by atoms with Gasteiger partial charge >= 0.3 is 6.08 Å². The molecule has 1 heterocycles. The van der Waals surface area contributed by atoms with Gasteiger partial charge in [0.1, 0.15) is 4.34 Å². The van der Waals surface area contributed by atoms with Crippen LogP contribution in [0.1, 0.15) is 16.1 Å². The smallest absolute Gasteiger partial charge is 0.297 e. The normalized spacial score (nSPS) is 10.1. The Hall–Kier alpha value is -0.820. The fourth-order valence-corrected chi connectivity index (χ4v) is 2.53. The summed E-state index contributed by atoms with van der Waals surface area (Å²) in [7, 11) is 0. The number of allylic oxidation sites excluding steroid dienone is 1. The summed E-state index contributed by atoms with van der Waals surface area (Å²) in [6, 6.07) is 0. The summed E-state index contributed by atoms with van der Waals surface area (Å²) < 4.78 is 36.2. The van der Waals surface area contributed by atoms with Crippen molar-refractivity contribution in [2.75, 3.05) is 5.75 Å². The zero-order chi connectivity index (χ0) is 11.3. The Kier molecular flexibility index (Phi) is 4.83. The lowest BCUT2D eigenvalue weighted by atomic mass is 10.4. The molecule has 0 aliphatic rings. The second-order valence-corrected chi connectivity index (χ2v) is 4.81. The predicted molar refractivity (Wildman–Crippen MR) is 53.2 cm³/mol. The number of carbonyl (C=O) groups is 1. The zero-order valence-corrected chi connectivity index (χ0v) is 9.01. The van der Waals surface area contributed by atoms with Crippen LogP contribution < -0.4 is 0 Å². The van der Waals surface area contributed by atoms with Crippen LogP contribution in [-0.4, -0.2) is 17.0 Å². The van der Waals surface area contributed by atoms with Gasteiger partial charge in [-0.2, -0.15) is 8.78 Å². The van der Waals surface area contributed by atoms with E-state index >= 15 is 0 Å². The molecule has 0 radical (unpaired) electrons. The van der Waals surface area contributed by atoms with Crippen LogP contribution in [0.25, 0.3) is 0 Å². The Morgan fingerprint density at radius 3 is 2.80 bits per heavy atom. The topological polar surface area (TPSA) is 30.0 Å². The summed E-state index contributed by atoms with van der Waals surface area (Å²) in [6.45, 7) is 0. The van der Waals surface area contributed by atoms with Crippen molar-refractivity contribution in [3.8, 4) is 0 Å². The quantitative estimate of drug-likeness (QED) is 0.594. The van der Waals surface area contributed by atoms with Crippen LogP contribution in [0.2, 0.25) is 0 Å². The highest BCUT2D eigenvalue weighted by molar-refractivity contribution is 8.01. The van der Waals surface area contributed by atoms with Crippen molar-refractivity contribution in [3.05, 3.63) is 23.0 Å². The highest BCUT2D eigenvalue weighted by atomic mass is 32.2. The number of nitrogens with zero attached hydrogens (tertiary/aromatic N) is 1. The molecule has 0 aliphatic carbocycles. The first-order chi connectivity index (χ1) is 7.13. The van der Waals surface area contributed by atoms with Gasteiger partial charge in [0.25, 0.3) is 0 Å². The third-order valence-corrected chi connectivity index (χ3v) is 3.45. The maximum atomic E-state index is 12.3. The Morgan fingerprint density at radius 1 is 1.53 bits per heavy atom. The van der Waals surface area contributed by atoms with Gasteiger partial charge < -0.3 is 0 Å². The van der Waals surface area contributed by atoms with Gasteiger partial charge in [-0.25, -0.2) is 9.37 Å². The van der Waals surface area contributed by atoms with E-state index in [9.17, 15) is 18.0 Å². The molecule has 0 saturated heterocycles. The Labute approximate surface area is 92.2 Å². The van der Waals surface area contributed by atoms with E-state index in [4.69, 9.17) is 0 Å². The van der Waals surface area contributed by atoms with Gasteiger partial charge in [-0.15, -0.1) is 11.3 Å². The zero-order valence-electron chi connectivity index (χ0n) is 7.37. The molecule has 1 rings (SSSR count). The average molecular weight is 253 g/mol. The summed E-state index contributed by atoms with van der Waals surface area (Å²) in [5.41, 5.74) is 0. The number of rotatable bonds is 5. The summed E-state index contributed by atoms with van der Waals surface area (Å²) in [4.78, 5) is 14.6. The molecule has 0 unspecified atom stereocenters. The van der Waals surface area contributed by atoms with Crippen LogP contribution in [-0.2, 0) is 0 Å². The minimum absolute atomic E-state index is 0.176. The summed E-state index contributed by atoms with van der Waals surface area (Å²) in [6.07, 6.45) is -0.558. The SMILES string of the molecule is O=Cc1cnc(SCCC(F)=C(F)F)s1. The Balaban J connectivity index is 2.38. The largest absolute Gasteiger partial charge is 0.301 e. The summed E-state index contributed by atoms with van der Waals surface area (Å²) in [5, 5.41) is 0. The van der Waals surface area contributed by atoms with Gasteiger partial charge in [-0.05, 0) is 0 Å². The number of hydrogen-bond donors (Lipinski definition) is 0. The van der Waals surface area contributed by atoms with Crippen molar-refractivity contribution in [1.29, 1.82) is 0 Å².